The van der Waals surface area contributed by atoms with Gasteiger partial charge in [-0.05, 0) is 12.5 Å². The second-order valence-corrected chi connectivity index (χ2v) is 7.64. The van der Waals surface area contributed by atoms with Gasteiger partial charge in [-0.1, -0.05) is 43.7 Å². The molecule has 1 aliphatic heterocycles. The van der Waals surface area contributed by atoms with Gasteiger partial charge in [-0.2, -0.15) is 0 Å². The van der Waals surface area contributed by atoms with E-state index in [4.69, 9.17) is 14.2 Å². The largest absolute Gasteiger partial charge is 0.488 e. The number of aromatic carboxylic acids is 1. The van der Waals surface area contributed by atoms with Crippen molar-refractivity contribution in [2.24, 2.45) is 0 Å². The molecule has 2 aromatic rings. The number of carboxylic acid groups (broad SMARTS) is 1. The monoisotopic (exact) mass is 487 g/mol. The molecule has 10 heteroatoms. The smallest absolute Gasteiger partial charge is 0.409 e. The molecule has 10 nitrogen and oxygen atoms in total. The number of hydrogen-bond donors (Lipinski definition) is 2. The Balaban J connectivity index is 0.00000210. The van der Waals surface area contributed by atoms with E-state index in [0.717, 1.165) is 11.1 Å². The lowest BCUT2D eigenvalue weighted by Gasteiger charge is -2.31. The minimum atomic E-state index is -1.30. The molecule has 0 bridgehead atoms. The molecule has 1 aromatic heterocycles. The molecule has 0 saturated carbocycles. The van der Waals surface area contributed by atoms with Gasteiger partial charge in [0.25, 0.3) is 5.91 Å². The third-order valence-corrected chi connectivity index (χ3v) is 5.34. The minimum Gasteiger partial charge on any atom is -0.488 e. The molecule has 3 rings (SSSR count). The Bertz CT molecular complexity index is 1020. The molecule has 0 aliphatic carbocycles. The van der Waals surface area contributed by atoms with Crippen molar-refractivity contribution in [1.82, 2.24) is 15.2 Å². The Morgan fingerprint density at radius 2 is 1.74 bits per heavy atom. The van der Waals surface area contributed by atoms with Crippen molar-refractivity contribution in [3.8, 4) is 11.6 Å². The van der Waals surface area contributed by atoms with Gasteiger partial charge in [0.05, 0.1) is 14.2 Å². The number of nitrogens with one attached hydrogen (secondary N) is 1. The number of carbonyl (C=O) groups is 3. The van der Waals surface area contributed by atoms with Crippen LogP contribution in [0.4, 0.5) is 4.79 Å². The van der Waals surface area contributed by atoms with Crippen molar-refractivity contribution in [2.45, 2.75) is 46.3 Å². The molecule has 2 N–H and O–H groups in total. The predicted octanol–water partition coefficient (Wildman–Crippen LogP) is 3.66. The Morgan fingerprint density at radius 1 is 1.11 bits per heavy atom. The second-order valence-electron chi connectivity index (χ2n) is 7.64. The first kappa shape index (κ1) is 27.4. The SMILES string of the molecule is CC.COC(=O)N1CCC(Oc2cc(C(=O)NCc3ccc(C)cc3)c(OC)nc2C(=O)O)CC1. The van der Waals surface area contributed by atoms with Crippen LogP contribution in [0.3, 0.4) is 0 Å². The first-order chi connectivity index (χ1) is 16.8. The maximum absolute atomic E-state index is 12.8. The predicted molar refractivity (Wildman–Crippen MR) is 129 cm³/mol. The molecule has 2 heterocycles. The summed E-state index contributed by atoms with van der Waals surface area (Å²) in [6.07, 6.45) is 0.200. The quantitative estimate of drug-likeness (QED) is 0.606. The Morgan fingerprint density at radius 3 is 2.29 bits per heavy atom. The number of likely N-dealkylation sites (tertiary alicyclic amines) is 1. The summed E-state index contributed by atoms with van der Waals surface area (Å²) in [5.41, 5.74) is 1.74. The van der Waals surface area contributed by atoms with E-state index in [2.05, 4.69) is 10.3 Å². The van der Waals surface area contributed by atoms with Crippen LogP contribution in [0.5, 0.6) is 11.6 Å². The number of aryl methyl sites for hydroxylation is 1. The van der Waals surface area contributed by atoms with E-state index in [0.29, 0.717) is 25.9 Å². The topological polar surface area (TPSA) is 127 Å². The van der Waals surface area contributed by atoms with E-state index >= 15 is 0 Å². The zero-order valence-electron chi connectivity index (χ0n) is 20.8. The second kappa shape index (κ2) is 13.2. The lowest BCUT2D eigenvalue weighted by Crippen LogP contribution is -2.41. The normalized spacial score (nSPS) is 13.2. The van der Waals surface area contributed by atoms with Crippen LogP contribution in [-0.2, 0) is 11.3 Å². The van der Waals surface area contributed by atoms with Crippen LogP contribution in [0.1, 0.15) is 58.7 Å². The van der Waals surface area contributed by atoms with Crippen LogP contribution in [0.15, 0.2) is 30.3 Å². The van der Waals surface area contributed by atoms with Crippen molar-refractivity contribution in [1.29, 1.82) is 0 Å². The van der Waals surface area contributed by atoms with Gasteiger partial charge in [-0.15, -0.1) is 0 Å². The van der Waals surface area contributed by atoms with E-state index < -0.39 is 18.0 Å². The lowest BCUT2D eigenvalue weighted by atomic mass is 10.1. The molecule has 0 atom stereocenters. The number of ether oxygens (including phenoxy) is 3. The third-order valence-electron chi connectivity index (χ3n) is 5.34. The molecule has 2 amide bonds. The van der Waals surface area contributed by atoms with Crippen LogP contribution < -0.4 is 14.8 Å². The molecule has 35 heavy (non-hydrogen) atoms. The first-order valence-electron chi connectivity index (χ1n) is 11.5. The molecule has 1 aliphatic rings. The third kappa shape index (κ3) is 7.33. The number of amides is 2. The first-order valence-corrected chi connectivity index (χ1v) is 11.5. The highest BCUT2D eigenvalue weighted by Crippen LogP contribution is 2.28. The number of aromatic nitrogens is 1. The Kier molecular flexibility index (Phi) is 10.3. The van der Waals surface area contributed by atoms with E-state index in [1.165, 1.54) is 20.3 Å². The number of pyridine rings is 1. The molecular formula is C25H33N3O7. The zero-order valence-corrected chi connectivity index (χ0v) is 20.8. The van der Waals surface area contributed by atoms with E-state index in [-0.39, 0.29) is 35.5 Å². The van der Waals surface area contributed by atoms with Crippen LogP contribution in [0, 0.1) is 6.92 Å². The molecular weight excluding hydrogens is 454 g/mol. The van der Waals surface area contributed by atoms with Crippen molar-refractivity contribution in [3.05, 3.63) is 52.7 Å². The summed E-state index contributed by atoms with van der Waals surface area (Å²) in [5, 5.41) is 12.4. The minimum absolute atomic E-state index is 0.0275. The fraction of sp³-hybridized carbons (Fsp3) is 0.440. The molecule has 1 fully saturated rings. The van der Waals surface area contributed by atoms with Gasteiger partial charge >= 0.3 is 12.1 Å². The molecule has 0 spiro atoms. The van der Waals surface area contributed by atoms with Gasteiger partial charge < -0.3 is 29.5 Å². The molecule has 1 aromatic carbocycles. The highest BCUT2D eigenvalue weighted by Gasteiger charge is 2.28. The standard InChI is InChI=1S/C23H27N3O7.C2H6/c1-14-4-6-15(7-5-14)13-24-20(27)17-12-18(19(22(28)29)25-21(17)31-2)33-16-8-10-26(11-9-16)23(30)32-3;1-2/h4-7,12,16H,8-11,13H2,1-3H3,(H,24,27)(H,28,29);1-2H3. The molecule has 1 saturated heterocycles. The fourth-order valence-corrected chi connectivity index (χ4v) is 3.49. The summed E-state index contributed by atoms with van der Waals surface area (Å²) < 4.78 is 15.8. The summed E-state index contributed by atoms with van der Waals surface area (Å²) in [6, 6.07) is 9.06. The summed E-state index contributed by atoms with van der Waals surface area (Å²) in [7, 11) is 2.63. The van der Waals surface area contributed by atoms with Gasteiger partial charge in [0.1, 0.15) is 11.7 Å². The maximum atomic E-state index is 12.8. The highest BCUT2D eigenvalue weighted by atomic mass is 16.5. The van der Waals surface area contributed by atoms with Crippen molar-refractivity contribution in [2.75, 3.05) is 27.3 Å². The average Bonchev–Trinajstić information content (AvgIpc) is 2.89. The van der Waals surface area contributed by atoms with Gasteiger partial charge in [0, 0.05) is 38.5 Å². The number of carboxylic acids is 1. The number of nitrogens with zero attached hydrogens (tertiary/aromatic N) is 2. The number of piperidine rings is 1. The van der Waals surface area contributed by atoms with Gasteiger partial charge in [0.15, 0.2) is 11.4 Å². The number of rotatable bonds is 7. The van der Waals surface area contributed by atoms with Crippen molar-refractivity contribution in [3.63, 3.8) is 0 Å². The number of methoxy groups -OCH3 is 2. The molecule has 0 radical (unpaired) electrons. The zero-order chi connectivity index (χ0) is 26.0. The van der Waals surface area contributed by atoms with Gasteiger partial charge in [0.2, 0.25) is 5.88 Å². The Labute approximate surface area is 205 Å². The van der Waals surface area contributed by atoms with Crippen LogP contribution in [0.2, 0.25) is 0 Å². The van der Waals surface area contributed by atoms with Gasteiger partial charge in [-0.3, -0.25) is 4.79 Å². The number of hydrogen-bond acceptors (Lipinski definition) is 7. The highest BCUT2D eigenvalue weighted by molar-refractivity contribution is 5.98. The van der Waals surface area contributed by atoms with E-state index in [1.807, 2.05) is 45.0 Å². The van der Waals surface area contributed by atoms with Crippen LogP contribution in [0.25, 0.3) is 0 Å². The van der Waals surface area contributed by atoms with Crippen molar-refractivity contribution < 1.29 is 33.7 Å². The number of benzene rings is 1. The molecule has 190 valence electrons. The average molecular weight is 488 g/mol. The summed E-state index contributed by atoms with van der Waals surface area (Å²) in [4.78, 5) is 41.8. The summed E-state index contributed by atoms with van der Waals surface area (Å²) >= 11 is 0. The summed E-state index contributed by atoms with van der Waals surface area (Å²) in [6.45, 7) is 7.08. The van der Waals surface area contributed by atoms with E-state index in [1.54, 1.807) is 4.90 Å². The van der Waals surface area contributed by atoms with E-state index in [9.17, 15) is 19.5 Å². The lowest BCUT2D eigenvalue weighted by molar-refractivity contribution is 0.0658. The van der Waals surface area contributed by atoms with Gasteiger partial charge in [-0.25, -0.2) is 14.6 Å². The molecule has 0 unspecified atom stereocenters. The van der Waals surface area contributed by atoms with Crippen LogP contribution in [-0.4, -0.2) is 66.4 Å². The Hall–Kier alpha value is -3.82. The fourth-order valence-electron chi connectivity index (χ4n) is 3.49. The summed E-state index contributed by atoms with van der Waals surface area (Å²) in [5.74, 6) is -1.91. The van der Waals surface area contributed by atoms with Crippen LogP contribution >= 0.6 is 0 Å². The number of carbonyl (C=O) groups excluding carboxylic acids is 2. The van der Waals surface area contributed by atoms with Crippen molar-refractivity contribution >= 4 is 18.0 Å². The maximum Gasteiger partial charge on any atom is 0.409 e.